The fraction of sp³-hybridized carbons (Fsp3) is 0.800. The monoisotopic (exact) mass is 266 g/mol. The first-order chi connectivity index (χ1) is 8.74. The van der Waals surface area contributed by atoms with Gasteiger partial charge in [0.25, 0.3) is 0 Å². The summed E-state index contributed by atoms with van der Waals surface area (Å²) >= 11 is 0. The quantitative estimate of drug-likeness (QED) is 0.615. The van der Waals surface area contributed by atoms with E-state index >= 15 is 0 Å². The molecule has 0 aromatic carbocycles. The summed E-state index contributed by atoms with van der Waals surface area (Å²) in [7, 11) is 2.00. The maximum Gasteiger partial charge on any atom is 0.0628 e. The number of aryl methyl sites for hydroxylation is 2. The van der Waals surface area contributed by atoms with E-state index in [2.05, 4.69) is 45.1 Å². The fourth-order valence-electron chi connectivity index (χ4n) is 2.42. The Labute approximate surface area is 117 Å². The Morgan fingerprint density at radius 1 is 1.26 bits per heavy atom. The summed E-state index contributed by atoms with van der Waals surface area (Å²) < 4.78 is 1.96. The van der Waals surface area contributed by atoms with Crippen LogP contribution in [0, 0.1) is 19.3 Å². The predicted octanol–water partition coefficient (Wildman–Crippen LogP) is 2.63. The predicted molar refractivity (Wildman–Crippen MR) is 80.8 cm³/mol. The number of nitrogens with one attached hydrogen (secondary N) is 1. The first-order valence-electron chi connectivity index (χ1n) is 7.20. The Morgan fingerprint density at radius 3 is 2.32 bits per heavy atom. The normalized spacial score (nSPS) is 13.8. The zero-order valence-corrected chi connectivity index (χ0v) is 13.4. The molecule has 1 rings (SSSR count). The molecule has 1 atom stereocenters. The van der Waals surface area contributed by atoms with Crippen LogP contribution in [0.2, 0.25) is 0 Å². The van der Waals surface area contributed by atoms with Crippen molar-refractivity contribution in [2.24, 2.45) is 18.3 Å². The molecule has 0 saturated carbocycles. The molecule has 1 heterocycles. The minimum atomic E-state index is 0.370. The van der Waals surface area contributed by atoms with Crippen molar-refractivity contribution in [3.05, 3.63) is 17.0 Å². The van der Waals surface area contributed by atoms with Crippen LogP contribution in [0.1, 0.15) is 57.0 Å². The third kappa shape index (κ3) is 4.96. The first-order valence-corrected chi connectivity index (χ1v) is 7.20. The molecule has 0 saturated heterocycles. The molecule has 0 aliphatic rings. The van der Waals surface area contributed by atoms with E-state index in [0.717, 1.165) is 25.0 Å². The van der Waals surface area contributed by atoms with Crippen molar-refractivity contribution in [2.75, 3.05) is 0 Å². The van der Waals surface area contributed by atoms with Crippen LogP contribution in [0.25, 0.3) is 0 Å². The van der Waals surface area contributed by atoms with Crippen LogP contribution >= 0.6 is 0 Å². The summed E-state index contributed by atoms with van der Waals surface area (Å²) in [5.74, 6) is 5.68. The smallest absolute Gasteiger partial charge is 0.0628 e. The van der Waals surface area contributed by atoms with Gasteiger partial charge >= 0.3 is 0 Å². The minimum Gasteiger partial charge on any atom is -0.272 e. The Hall–Kier alpha value is -0.870. The van der Waals surface area contributed by atoms with E-state index in [1.165, 1.54) is 17.7 Å². The van der Waals surface area contributed by atoms with Crippen molar-refractivity contribution in [3.63, 3.8) is 0 Å². The summed E-state index contributed by atoms with van der Waals surface area (Å²) in [5, 5.41) is 4.46. The van der Waals surface area contributed by atoms with Crippen molar-refractivity contribution in [3.8, 4) is 0 Å². The Bertz CT molecular complexity index is 401. The molecule has 0 amide bonds. The Morgan fingerprint density at radius 2 is 1.89 bits per heavy atom. The van der Waals surface area contributed by atoms with Gasteiger partial charge in [0, 0.05) is 18.8 Å². The van der Waals surface area contributed by atoms with Crippen LogP contribution in [0.15, 0.2) is 0 Å². The van der Waals surface area contributed by atoms with Crippen LogP contribution in [-0.2, 0) is 13.5 Å². The summed E-state index contributed by atoms with van der Waals surface area (Å²) in [5.41, 5.74) is 7.12. The largest absolute Gasteiger partial charge is 0.272 e. The Balaban J connectivity index is 2.53. The van der Waals surface area contributed by atoms with Gasteiger partial charge in [0.1, 0.15) is 0 Å². The molecule has 0 bridgehead atoms. The number of hydrogen-bond donors (Lipinski definition) is 2. The van der Waals surface area contributed by atoms with Crippen molar-refractivity contribution >= 4 is 0 Å². The SMILES string of the molecule is Cc1nn(C)c(C)c1CCC(CCC(C)(C)C)NN. The lowest BCUT2D eigenvalue weighted by molar-refractivity contribution is 0.324. The van der Waals surface area contributed by atoms with Gasteiger partial charge in [0.05, 0.1) is 5.69 Å². The van der Waals surface area contributed by atoms with Gasteiger partial charge in [-0.25, -0.2) is 0 Å². The van der Waals surface area contributed by atoms with E-state index in [0.29, 0.717) is 11.5 Å². The second-order valence-electron chi connectivity index (χ2n) is 6.77. The summed E-state index contributed by atoms with van der Waals surface area (Å²) in [6, 6.07) is 0.387. The summed E-state index contributed by atoms with van der Waals surface area (Å²) in [6.07, 6.45) is 4.43. The second kappa shape index (κ2) is 6.53. The summed E-state index contributed by atoms with van der Waals surface area (Å²) in [4.78, 5) is 0. The average Bonchev–Trinajstić information content (AvgIpc) is 2.53. The van der Waals surface area contributed by atoms with E-state index in [1.807, 2.05) is 11.7 Å². The van der Waals surface area contributed by atoms with Gasteiger partial charge in [0.2, 0.25) is 0 Å². The van der Waals surface area contributed by atoms with Gasteiger partial charge in [0.15, 0.2) is 0 Å². The van der Waals surface area contributed by atoms with Crippen LogP contribution in [0.4, 0.5) is 0 Å². The van der Waals surface area contributed by atoms with Crippen molar-refractivity contribution in [1.82, 2.24) is 15.2 Å². The second-order valence-corrected chi connectivity index (χ2v) is 6.77. The van der Waals surface area contributed by atoms with Crippen molar-refractivity contribution in [2.45, 2.75) is 66.3 Å². The highest BCUT2D eigenvalue weighted by Crippen LogP contribution is 2.23. The van der Waals surface area contributed by atoms with Crippen LogP contribution in [-0.4, -0.2) is 15.8 Å². The molecule has 110 valence electrons. The number of rotatable bonds is 6. The van der Waals surface area contributed by atoms with Crippen molar-refractivity contribution in [1.29, 1.82) is 0 Å². The molecule has 0 fully saturated rings. The third-order valence-corrected chi connectivity index (χ3v) is 3.88. The zero-order valence-electron chi connectivity index (χ0n) is 13.4. The molecular weight excluding hydrogens is 236 g/mol. The number of aromatic nitrogens is 2. The maximum absolute atomic E-state index is 5.68. The molecular formula is C15H30N4. The lowest BCUT2D eigenvalue weighted by atomic mass is 9.87. The molecule has 0 radical (unpaired) electrons. The number of hydrazine groups is 1. The molecule has 1 aromatic rings. The molecule has 3 N–H and O–H groups in total. The lowest BCUT2D eigenvalue weighted by Gasteiger charge is -2.22. The van der Waals surface area contributed by atoms with Gasteiger partial charge in [-0.3, -0.25) is 16.0 Å². The van der Waals surface area contributed by atoms with Gasteiger partial charge < -0.3 is 0 Å². The molecule has 0 spiro atoms. The Kier molecular flexibility index (Phi) is 5.56. The minimum absolute atomic E-state index is 0.370. The van der Waals surface area contributed by atoms with Crippen LogP contribution < -0.4 is 11.3 Å². The molecule has 0 aliphatic heterocycles. The molecule has 1 aromatic heterocycles. The highest BCUT2D eigenvalue weighted by atomic mass is 15.3. The van der Waals surface area contributed by atoms with Crippen LogP contribution in [0.3, 0.4) is 0 Å². The molecule has 4 heteroatoms. The lowest BCUT2D eigenvalue weighted by Crippen LogP contribution is -2.36. The number of nitrogens with zero attached hydrogens (tertiary/aromatic N) is 2. The first kappa shape index (κ1) is 16.2. The zero-order chi connectivity index (χ0) is 14.6. The molecule has 19 heavy (non-hydrogen) atoms. The standard InChI is InChI=1S/C15H30N4/c1-11-14(12(2)19(6)18-11)8-7-13(17-16)9-10-15(3,4)5/h13,17H,7-10,16H2,1-6H3. The van der Waals surface area contributed by atoms with Gasteiger partial charge in [-0.05, 0) is 50.5 Å². The van der Waals surface area contributed by atoms with E-state index in [-0.39, 0.29) is 0 Å². The average molecular weight is 266 g/mol. The molecule has 1 unspecified atom stereocenters. The van der Waals surface area contributed by atoms with Crippen LogP contribution in [0.5, 0.6) is 0 Å². The highest BCUT2D eigenvalue weighted by Gasteiger charge is 2.16. The van der Waals surface area contributed by atoms with E-state index < -0.39 is 0 Å². The van der Waals surface area contributed by atoms with Gasteiger partial charge in [-0.2, -0.15) is 5.10 Å². The number of hydrogen-bond acceptors (Lipinski definition) is 3. The third-order valence-electron chi connectivity index (χ3n) is 3.88. The van der Waals surface area contributed by atoms with Gasteiger partial charge in [-0.1, -0.05) is 20.8 Å². The fourth-order valence-corrected chi connectivity index (χ4v) is 2.42. The van der Waals surface area contributed by atoms with E-state index in [1.54, 1.807) is 0 Å². The highest BCUT2D eigenvalue weighted by molar-refractivity contribution is 5.24. The maximum atomic E-state index is 5.68. The van der Waals surface area contributed by atoms with Crippen molar-refractivity contribution < 1.29 is 0 Å². The van der Waals surface area contributed by atoms with E-state index in [4.69, 9.17) is 5.84 Å². The van der Waals surface area contributed by atoms with E-state index in [9.17, 15) is 0 Å². The summed E-state index contributed by atoms with van der Waals surface area (Å²) in [6.45, 7) is 11.0. The topological polar surface area (TPSA) is 55.9 Å². The van der Waals surface area contributed by atoms with Gasteiger partial charge in [-0.15, -0.1) is 0 Å². The number of nitrogens with two attached hydrogens (primary N) is 1. The molecule has 4 nitrogen and oxygen atoms in total. The molecule has 0 aliphatic carbocycles.